The lowest BCUT2D eigenvalue weighted by atomic mass is 10.1. The van der Waals surface area contributed by atoms with E-state index in [0.717, 1.165) is 22.4 Å². The number of methoxy groups -OCH3 is 1. The molecule has 0 unspecified atom stereocenters. The molecule has 0 aliphatic carbocycles. The average molecular weight is 467 g/mol. The van der Waals surface area contributed by atoms with Gasteiger partial charge in [-0.2, -0.15) is 0 Å². The summed E-state index contributed by atoms with van der Waals surface area (Å²) in [6.07, 6.45) is 2.45. The van der Waals surface area contributed by atoms with Crippen molar-refractivity contribution in [3.8, 4) is 11.5 Å². The van der Waals surface area contributed by atoms with E-state index in [4.69, 9.17) is 9.47 Å². The molecule has 4 aromatic rings. The van der Waals surface area contributed by atoms with Crippen LogP contribution in [0, 0.1) is 6.92 Å². The predicted molar refractivity (Wildman–Crippen MR) is 138 cm³/mol. The van der Waals surface area contributed by atoms with Crippen LogP contribution in [0.5, 0.6) is 11.5 Å². The lowest BCUT2D eigenvalue weighted by Crippen LogP contribution is -2.32. The Morgan fingerprint density at radius 2 is 1.69 bits per heavy atom. The van der Waals surface area contributed by atoms with Crippen molar-refractivity contribution in [2.45, 2.75) is 26.5 Å². The first-order chi connectivity index (χ1) is 17.1. The first-order valence-electron chi connectivity index (χ1n) is 11.7. The molecule has 5 nitrogen and oxygen atoms in total. The largest absolute Gasteiger partial charge is 0.493 e. The molecule has 0 spiro atoms. The number of aryl methyl sites for hydroxylation is 1. The maximum atomic E-state index is 13.5. The van der Waals surface area contributed by atoms with Gasteiger partial charge in [0.1, 0.15) is 6.61 Å². The smallest absolute Gasteiger partial charge is 0.254 e. The topological polar surface area (TPSA) is 51.7 Å². The Hall–Kier alpha value is -4.12. The summed E-state index contributed by atoms with van der Waals surface area (Å²) >= 11 is 0. The number of nitrogens with zero attached hydrogens (tertiary/aromatic N) is 2. The summed E-state index contributed by atoms with van der Waals surface area (Å²) in [5.74, 6) is 1.31. The van der Waals surface area contributed by atoms with Gasteiger partial charge in [0.05, 0.1) is 7.11 Å². The first kappa shape index (κ1) is 24.0. The molecule has 178 valence electrons. The molecule has 0 saturated carbocycles. The van der Waals surface area contributed by atoms with Crippen molar-refractivity contribution in [1.82, 2.24) is 9.88 Å². The molecule has 4 rings (SSSR count). The molecule has 35 heavy (non-hydrogen) atoms. The number of carbonyl (C=O) groups is 1. The molecule has 0 radical (unpaired) electrons. The Morgan fingerprint density at radius 3 is 2.43 bits per heavy atom. The fraction of sp³-hybridized carbons (Fsp3) is 0.200. The van der Waals surface area contributed by atoms with Crippen LogP contribution >= 0.6 is 0 Å². The van der Waals surface area contributed by atoms with Gasteiger partial charge in [-0.05, 0) is 54.4 Å². The number of carbonyl (C=O) groups excluding carboxylic acids is 1. The number of pyridine rings is 1. The van der Waals surface area contributed by atoms with Gasteiger partial charge in [-0.3, -0.25) is 9.78 Å². The van der Waals surface area contributed by atoms with Crippen molar-refractivity contribution >= 4 is 5.91 Å². The van der Waals surface area contributed by atoms with E-state index in [0.29, 0.717) is 43.2 Å². The van der Waals surface area contributed by atoms with E-state index >= 15 is 0 Å². The van der Waals surface area contributed by atoms with E-state index in [9.17, 15) is 4.79 Å². The summed E-state index contributed by atoms with van der Waals surface area (Å²) in [5, 5.41) is 0. The van der Waals surface area contributed by atoms with Gasteiger partial charge >= 0.3 is 0 Å². The number of hydrogen-bond acceptors (Lipinski definition) is 4. The van der Waals surface area contributed by atoms with Crippen molar-refractivity contribution in [3.63, 3.8) is 0 Å². The number of ether oxygens (including phenoxy) is 2. The van der Waals surface area contributed by atoms with Gasteiger partial charge in [-0.15, -0.1) is 0 Å². The minimum Gasteiger partial charge on any atom is -0.493 e. The van der Waals surface area contributed by atoms with Gasteiger partial charge in [0, 0.05) is 37.0 Å². The molecular formula is C30H30N2O3. The number of aromatic nitrogens is 1. The zero-order valence-corrected chi connectivity index (χ0v) is 20.2. The molecule has 5 heteroatoms. The Kier molecular flexibility index (Phi) is 8.12. The number of hydrogen-bond donors (Lipinski definition) is 0. The Balaban J connectivity index is 1.52. The SMILES string of the molecule is COc1cc(CN(CCc2ccccn2)C(=O)c2cccc(C)c2)ccc1OCc1ccccc1. The molecule has 0 N–H and O–H groups in total. The highest BCUT2D eigenvalue weighted by molar-refractivity contribution is 5.94. The van der Waals surface area contributed by atoms with Crippen molar-refractivity contribution in [3.05, 3.63) is 125 Å². The monoisotopic (exact) mass is 466 g/mol. The Bertz CT molecular complexity index is 1240. The summed E-state index contributed by atoms with van der Waals surface area (Å²) in [7, 11) is 1.63. The van der Waals surface area contributed by atoms with E-state index in [2.05, 4.69) is 4.98 Å². The average Bonchev–Trinajstić information content (AvgIpc) is 2.91. The van der Waals surface area contributed by atoms with Crippen LogP contribution in [0.25, 0.3) is 0 Å². The van der Waals surface area contributed by atoms with Crippen LogP contribution in [0.1, 0.15) is 32.7 Å². The van der Waals surface area contributed by atoms with Crippen LogP contribution in [0.4, 0.5) is 0 Å². The molecule has 0 aliphatic heterocycles. The Morgan fingerprint density at radius 1 is 0.857 bits per heavy atom. The highest BCUT2D eigenvalue weighted by atomic mass is 16.5. The summed E-state index contributed by atoms with van der Waals surface area (Å²) in [4.78, 5) is 19.7. The fourth-order valence-corrected chi connectivity index (χ4v) is 3.89. The van der Waals surface area contributed by atoms with Gasteiger partial charge in [0.25, 0.3) is 5.91 Å². The van der Waals surface area contributed by atoms with Crippen LogP contribution in [0.2, 0.25) is 0 Å². The summed E-state index contributed by atoms with van der Waals surface area (Å²) < 4.78 is 11.6. The molecule has 0 bridgehead atoms. The van der Waals surface area contributed by atoms with E-state index in [1.807, 2.05) is 103 Å². The summed E-state index contributed by atoms with van der Waals surface area (Å²) in [5.41, 5.74) is 4.75. The second-order valence-electron chi connectivity index (χ2n) is 8.43. The molecule has 0 saturated heterocycles. The highest BCUT2D eigenvalue weighted by Gasteiger charge is 2.18. The molecule has 3 aromatic carbocycles. The van der Waals surface area contributed by atoms with E-state index < -0.39 is 0 Å². The minimum absolute atomic E-state index is 0.00648. The summed E-state index contributed by atoms with van der Waals surface area (Å²) in [6, 6.07) is 29.4. The van der Waals surface area contributed by atoms with Crippen LogP contribution in [-0.2, 0) is 19.6 Å². The third-order valence-corrected chi connectivity index (χ3v) is 5.75. The third-order valence-electron chi connectivity index (χ3n) is 5.75. The summed E-state index contributed by atoms with van der Waals surface area (Å²) in [6.45, 7) is 3.46. The zero-order valence-electron chi connectivity index (χ0n) is 20.2. The zero-order chi connectivity index (χ0) is 24.5. The second-order valence-corrected chi connectivity index (χ2v) is 8.43. The molecular weight excluding hydrogens is 436 g/mol. The lowest BCUT2D eigenvalue weighted by Gasteiger charge is -2.24. The van der Waals surface area contributed by atoms with Crippen LogP contribution in [0.15, 0.2) is 97.2 Å². The molecule has 0 fully saturated rings. The van der Waals surface area contributed by atoms with Crippen LogP contribution < -0.4 is 9.47 Å². The Labute approximate surface area is 207 Å². The van der Waals surface area contributed by atoms with Gasteiger partial charge in [-0.1, -0.05) is 60.2 Å². The van der Waals surface area contributed by atoms with Gasteiger partial charge in [0.2, 0.25) is 0 Å². The number of rotatable bonds is 10. The van der Waals surface area contributed by atoms with Crippen molar-refractivity contribution in [1.29, 1.82) is 0 Å². The normalized spacial score (nSPS) is 10.6. The van der Waals surface area contributed by atoms with E-state index in [1.54, 1.807) is 13.3 Å². The maximum absolute atomic E-state index is 13.5. The van der Waals surface area contributed by atoms with Crippen LogP contribution in [-0.4, -0.2) is 29.4 Å². The number of benzene rings is 3. The highest BCUT2D eigenvalue weighted by Crippen LogP contribution is 2.29. The van der Waals surface area contributed by atoms with Crippen molar-refractivity contribution in [2.75, 3.05) is 13.7 Å². The predicted octanol–water partition coefficient (Wildman–Crippen LogP) is 5.86. The van der Waals surface area contributed by atoms with Crippen molar-refractivity contribution < 1.29 is 14.3 Å². The number of amides is 1. The van der Waals surface area contributed by atoms with Crippen molar-refractivity contribution in [2.24, 2.45) is 0 Å². The second kappa shape index (κ2) is 11.8. The van der Waals surface area contributed by atoms with E-state index in [-0.39, 0.29) is 5.91 Å². The standard InChI is InChI=1S/C30H30N2O3/c1-23-9-8-12-26(19-23)30(33)32(18-16-27-13-6-7-17-31-27)21-25-14-15-28(29(20-25)34-2)35-22-24-10-4-3-5-11-24/h3-15,17,19-20H,16,18,21-22H2,1-2H3. The van der Waals surface area contributed by atoms with Gasteiger partial charge in [0.15, 0.2) is 11.5 Å². The first-order valence-corrected chi connectivity index (χ1v) is 11.7. The lowest BCUT2D eigenvalue weighted by molar-refractivity contribution is 0.0744. The molecule has 1 heterocycles. The molecule has 1 amide bonds. The van der Waals surface area contributed by atoms with Crippen LogP contribution in [0.3, 0.4) is 0 Å². The quantitative estimate of drug-likeness (QED) is 0.294. The maximum Gasteiger partial charge on any atom is 0.254 e. The fourth-order valence-electron chi connectivity index (χ4n) is 3.89. The minimum atomic E-state index is -0.00648. The molecule has 0 aliphatic rings. The van der Waals surface area contributed by atoms with Gasteiger partial charge < -0.3 is 14.4 Å². The van der Waals surface area contributed by atoms with Gasteiger partial charge in [-0.25, -0.2) is 0 Å². The molecule has 0 atom stereocenters. The molecule has 1 aromatic heterocycles. The van der Waals surface area contributed by atoms with E-state index in [1.165, 1.54) is 0 Å². The third kappa shape index (κ3) is 6.70.